The fourth-order valence-electron chi connectivity index (χ4n) is 4.97. The molecule has 3 N–H and O–H groups in total. The minimum Gasteiger partial charge on any atom is -0.497 e. The lowest BCUT2D eigenvalue weighted by Crippen LogP contribution is -2.48. The summed E-state index contributed by atoms with van der Waals surface area (Å²) in [6.45, 7) is 9.72. The maximum Gasteiger partial charge on any atom is 0.230 e. The molecular formula is C31H38ClN9O4. The van der Waals surface area contributed by atoms with Crippen LogP contribution in [-0.4, -0.2) is 101 Å². The summed E-state index contributed by atoms with van der Waals surface area (Å²) in [5, 5.41) is 6.90. The van der Waals surface area contributed by atoms with Gasteiger partial charge in [0.2, 0.25) is 23.6 Å². The summed E-state index contributed by atoms with van der Waals surface area (Å²) in [6, 6.07) is 14.8. The van der Waals surface area contributed by atoms with Crippen molar-refractivity contribution in [2.24, 2.45) is 0 Å². The van der Waals surface area contributed by atoms with E-state index in [-0.39, 0.29) is 11.8 Å². The molecule has 14 heteroatoms. The van der Waals surface area contributed by atoms with E-state index in [1.165, 1.54) is 0 Å². The second-order valence-electron chi connectivity index (χ2n) is 10.6. The van der Waals surface area contributed by atoms with Gasteiger partial charge in [-0.1, -0.05) is 23.7 Å². The number of piperazine rings is 2. The fraction of sp³-hybridized carbons (Fsp3) is 0.387. The van der Waals surface area contributed by atoms with Gasteiger partial charge < -0.3 is 39.8 Å². The van der Waals surface area contributed by atoms with E-state index in [1.54, 1.807) is 45.2 Å². The molecule has 2 amide bonds. The summed E-state index contributed by atoms with van der Waals surface area (Å²) in [5.74, 6) is 3.55. The van der Waals surface area contributed by atoms with Crippen molar-refractivity contribution in [1.29, 1.82) is 0 Å². The number of aromatic amines is 1. The van der Waals surface area contributed by atoms with E-state index >= 15 is 0 Å². The van der Waals surface area contributed by atoms with Gasteiger partial charge in [0.25, 0.3) is 0 Å². The van der Waals surface area contributed by atoms with Crippen LogP contribution in [0, 0.1) is 0 Å². The molecule has 4 aromatic rings. The average Bonchev–Trinajstić information content (AvgIpc) is 3.48. The first-order valence-electron chi connectivity index (χ1n) is 14.8. The lowest BCUT2D eigenvalue weighted by molar-refractivity contribution is -0.130. The maximum atomic E-state index is 11.7. The number of H-pyrrole nitrogens is 1. The number of amides is 2. The molecule has 4 heterocycles. The van der Waals surface area contributed by atoms with Gasteiger partial charge in [-0.2, -0.15) is 9.97 Å². The molecule has 2 fully saturated rings. The van der Waals surface area contributed by atoms with Crippen molar-refractivity contribution in [2.75, 3.05) is 69.7 Å². The first kappa shape index (κ1) is 31.8. The summed E-state index contributed by atoms with van der Waals surface area (Å²) in [6.07, 6.45) is 0. The largest absolute Gasteiger partial charge is 0.497 e. The quantitative estimate of drug-likeness (QED) is 0.276. The monoisotopic (exact) mass is 635 g/mol. The van der Waals surface area contributed by atoms with E-state index in [9.17, 15) is 9.59 Å². The highest BCUT2D eigenvalue weighted by Gasteiger charge is 2.22. The number of imidazole rings is 1. The summed E-state index contributed by atoms with van der Waals surface area (Å²) in [5.41, 5.74) is 1.87. The first-order valence-corrected chi connectivity index (χ1v) is 15.2. The van der Waals surface area contributed by atoms with Crippen molar-refractivity contribution in [3.05, 3.63) is 59.4 Å². The molecule has 0 radical (unpaired) electrons. The highest BCUT2D eigenvalue weighted by molar-refractivity contribution is 6.32. The zero-order chi connectivity index (χ0) is 31.8. The Labute approximate surface area is 266 Å². The van der Waals surface area contributed by atoms with Crippen LogP contribution in [0.15, 0.2) is 48.5 Å². The molecule has 2 aromatic carbocycles. The van der Waals surface area contributed by atoms with Crippen LogP contribution in [0.25, 0.3) is 11.0 Å². The molecule has 0 atom stereocenters. The van der Waals surface area contributed by atoms with Gasteiger partial charge in [-0.25, -0.2) is 4.98 Å². The van der Waals surface area contributed by atoms with Crippen molar-refractivity contribution in [1.82, 2.24) is 35.1 Å². The molecule has 0 unspecified atom stereocenters. The van der Waals surface area contributed by atoms with Gasteiger partial charge in [-0.3, -0.25) is 9.59 Å². The third-order valence-electron chi connectivity index (χ3n) is 7.49. The Morgan fingerprint density at radius 1 is 0.911 bits per heavy atom. The summed E-state index contributed by atoms with van der Waals surface area (Å²) in [7, 11) is 1.58. The average molecular weight is 636 g/mol. The van der Waals surface area contributed by atoms with Crippen molar-refractivity contribution in [2.45, 2.75) is 20.4 Å². The number of methoxy groups -OCH3 is 1. The number of anilines is 2. The molecule has 6 rings (SSSR count). The summed E-state index contributed by atoms with van der Waals surface area (Å²) >= 11 is 6.39. The SMILES string of the molecule is CC(=O)N1CCNCC1.COc1ccc(Oc2cc(NCc3nc4ccccc4[nH]3)nc(N3CCN(C(C)=O)CC3)n2)c(Cl)c1. The molecule has 45 heavy (non-hydrogen) atoms. The molecule has 0 saturated carbocycles. The van der Waals surface area contributed by atoms with Crippen molar-refractivity contribution >= 4 is 46.2 Å². The van der Waals surface area contributed by atoms with Crippen LogP contribution in [0.1, 0.15) is 19.7 Å². The number of benzene rings is 2. The Morgan fingerprint density at radius 2 is 1.62 bits per heavy atom. The van der Waals surface area contributed by atoms with E-state index in [2.05, 4.69) is 25.6 Å². The maximum absolute atomic E-state index is 11.7. The lowest BCUT2D eigenvalue weighted by Gasteiger charge is -2.34. The predicted molar refractivity (Wildman–Crippen MR) is 173 cm³/mol. The Kier molecular flexibility index (Phi) is 10.5. The highest BCUT2D eigenvalue weighted by Crippen LogP contribution is 2.33. The zero-order valence-electron chi connectivity index (χ0n) is 25.7. The molecule has 2 saturated heterocycles. The third kappa shape index (κ3) is 8.52. The van der Waals surface area contributed by atoms with E-state index in [1.807, 2.05) is 39.0 Å². The van der Waals surface area contributed by atoms with Gasteiger partial charge in [0.1, 0.15) is 23.1 Å². The van der Waals surface area contributed by atoms with Gasteiger partial charge in [0, 0.05) is 78.3 Å². The predicted octanol–water partition coefficient (Wildman–Crippen LogP) is 3.53. The second kappa shape index (κ2) is 14.9. The number of aromatic nitrogens is 4. The molecule has 238 valence electrons. The smallest absolute Gasteiger partial charge is 0.230 e. The van der Waals surface area contributed by atoms with Crippen molar-refractivity contribution < 1.29 is 19.1 Å². The number of nitrogens with one attached hydrogen (secondary N) is 3. The van der Waals surface area contributed by atoms with Crippen molar-refractivity contribution in [3.63, 3.8) is 0 Å². The number of halogens is 1. The van der Waals surface area contributed by atoms with Crippen LogP contribution < -0.4 is 25.0 Å². The van der Waals surface area contributed by atoms with E-state index in [4.69, 9.17) is 26.1 Å². The van der Waals surface area contributed by atoms with Gasteiger partial charge in [0.15, 0.2) is 0 Å². The molecule has 0 aliphatic carbocycles. The molecule has 2 aliphatic rings. The fourth-order valence-corrected chi connectivity index (χ4v) is 5.17. The molecule has 0 spiro atoms. The highest BCUT2D eigenvalue weighted by atomic mass is 35.5. The van der Waals surface area contributed by atoms with Crippen LogP contribution >= 0.6 is 11.6 Å². The molecular weight excluding hydrogens is 598 g/mol. The number of carbonyl (C=O) groups is 2. The number of carbonyl (C=O) groups excluding carboxylic acids is 2. The summed E-state index contributed by atoms with van der Waals surface area (Å²) < 4.78 is 11.3. The van der Waals surface area contributed by atoms with Crippen LogP contribution in [0.3, 0.4) is 0 Å². The number of hydrogen-bond donors (Lipinski definition) is 3. The van der Waals surface area contributed by atoms with E-state index in [0.717, 1.165) is 43.0 Å². The van der Waals surface area contributed by atoms with Gasteiger partial charge in [-0.05, 0) is 24.3 Å². The molecule has 13 nitrogen and oxygen atoms in total. The zero-order valence-corrected chi connectivity index (χ0v) is 26.4. The van der Waals surface area contributed by atoms with E-state index < -0.39 is 0 Å². The Morgan fingerprint density at radius 3 is 2.27 bits per heavy atom. The minimum absolute atomic E-state index is 0.0648. The van der Waals surface area contributed by atoms with Crippen LogP contribution in [0.2, 0.25) is 5.02 Å². The first-order chi connectivity index (χ1) is 21.8. The normalized spacial score (nSPS) is 14.9. The Balaban J connectivity index is 0.000000383. The molecule has 0 bridgehead atoms. The van der Waals surface area contributed by atoms with E-state index in [0.29, 0.717) is 66.9 Å². The number of rotatable bonds is 7. The van der Waals surface area contributed by atoms with Gasteiger partial charge in [0.05, 0.1) is 29.7 Å². The molecule has 2 aliphatic heterocycles. The second-order valence-corrected chi connectivity index (χ2v) is 11.0. The number of hydrogen-bond acceptors (Lipinski definition) is 10. The Bertz CT molecular complexity index is 1580. The number of nitrogens with zero attached hydrogens (tertiary/aromatic N) is 6. The summed E-state index contributed by atoms with van der Waals surface area (Å²) in [4.78, 5) is 45.4. The van der Waals surface area contributed by atoms with Gasteiger partial charge >= 0.3 is 0 Å². The van der Waals surface area contributed by atoms with Crippen molar-refractivity contribution in [3.8, 4) is 17.4 Å². The third-order valence-corrected chi connectivity index (χ3v) is 7.79. The minimum atomic E-state index is 0.0648. The number of para-hydroxylation sites is 2. The number of ether oxygens (including phenoxy) is 2. The Hall–Kier alpha value is -4.62. The van der Waals surface area contributed by atoms with Crippen LogP contribution in [0.4, 0.5) is 11.8 Å². The standard InChI is InChI=1S/C25H26ClN7O3.C6H12N2O/c1-16(34)32-9-11-33(12-10-32)25-30-22(27-15-23-28-19-5-3-4-6-20(19)29-23)14-24(31-25)36-21-8-7-17(35-2)13-18(21)26;1-6(9)8-4-2-7-3-5-8/h3-8,13-14H,9-12,15H2,1-2H3,(H,28,29)(H,27,30,31);7H,2-5H2,1H3. The number of fused-ring (bicyclic) bond motifs is 1. The molecule has 2 aromatic heterocycles. The topological polar surface area (TPSA) is 141 Å². The van der Waals surface area contributed by atoms with Crippen LogP contribution in [0.5, 0.6) is 17.4 Å². The van der Waals surface area contributed by atoms with Crippen LogP contribution in [-0.2, 0) is 16.1 Å². The lowest BCUT2D eigenvalue weighted by atomic mass is 10.3. The van der Waals surface area contributed by atoms with Gasteiger partial charge in [-0.15, -0.1) is 0 Å².